The van der Waals surface area contributed by atoms with Crippen molar-refractivity contribution < 1.29 is 4.74 Å². The van der Waals surface area contributed by atoms with Gasteiger partial charge in [0.1, 0.15) is 12.4 Å². The zero-order valence-electron chi connectivity index (χ0n) is 22.5. The molecule has 3 aromatic rings. The van der Waals surface area contributed by atoms with Crippen LogP contribution < -0.4 is 4.74 Å². The summed E-state index contributed by atoms with van der Waals surface area (Å²) in [5.74, 6) is 1.28. The molecule has 194 valence electrons. The van der Waals surface area contributed by atoms with Crippen molar-refractivity contribution in [2.45, 2.75) is 38.5 Å². The lowest BCUT2D eigenvalue weighted by atomic mass is 9.70. The number of ether oxygens (including phenoxy) is 1. The molecule has 4 heteroatoms. The molecule has 4 nitrogen and oxygen atoms in total. The fourth-order valence-corrected chi connectivity index (χ4v) is 5.46. The van der Waals surface area contributed by atoms with E-state index >= 15 is 0 Å². The summed E-state index contributed by atoms with van der Waals surface area (Å²) in [4.78, 5) is 5.06. The molecule has 37 heavy (non-hydrogen) atoms. The Kier molecular flexibility index (Phi) is 9.77. The summed E-state index contributed by atoms with van der Waals surface area (Å²) in [6, 6.07) is 32.0. The van der Waals surface area contributed by atoms with E-state index in [0.717, 1.165) is 69.8 Å². The summed E-state index contributed by atoms with van der Waals surface area (Å²) in [5.41, 5.74) is 3.29. The molecule has 0 saturated carbocycles. The molecular weight excluding hydrogens is 454 g/mol. The van der Waals surface area contributed by atoms with Gasteiger partial charge in [0.2, 0.25) is 0 Å². The highest BCUT2D eigenvalue weighted by Gasteiger charge is 2.35. The summed E-state index contributed by atoms with van der Waals surface area (Å²) < 4.78 is 6.23. The summed E-state index contributed by atoms with van der Waals surface area (Å²) in [7, 11) is 0. The van der Waals surface area contributed by atoms with Crippen molar-refractivity contribution in [2.75, 3.05) is 45.9 Å². The summed E-state index contributed by atoms with van der Waals surface area (Å²) in [6.45, 7) is 11.4. The molecule has 1 atom stereocenters. The first-order valence-electron chi connectivity index (χ1n) is 13.8. The Morgan fingerprint density at radius 2 is 1.41 bits per heavy atom. The predicted octanol–water partition coefficient (Wildman–Crippen LogP) is 6.17. The predicted molar refractivity (Wildman–Crippen MR) is 152 cm³/mol. The van der Waals surface area contributed by atoms with Crippen LogP contribution in [0.15, 0.2) is 84.9 Å². The molecule has 1 aliphatic rings. The third-order valence-electron chi connectivity index (χ3n) is 7.86. The van der Waals surface area contributed by atoms with Crippen molar-refractivity contribution >= 4 is 0 Å². The topological polar surface area (TPSA) is 39.5 Å². The first-order valence-corrected chi connectivity index (χ1v) is 13.8. The van der Waals surface area contributed by atoms with Gasteiger partial charge in [0, 0.05) is 39.1 Å². The number of para-hydroxylation sites is 1. The summed E-state index contributed by atoms with van der Waals surface area (Å²) in [6.07, 6.45) is 2.84. The van der Waals surface area contributed by atoms with Crippen LogP contribution in [0.5, 0.6) is 5.75 Å². The quantitative estimate of drug-likeness (QED) is 0.301. The van der Waals surface area contributed by atoms with E-state index in [1.54, 1.807) is 0 Å². The Morgan fingerprint density at radius 1 is 0.811 bits per heavy atom. The molecule has 0 amide bonds. The van der Waals surface area contributed by atoms with E-state index in [-0.39, 0.29) is 5.92 Å². The van der Waals surface area contributed by atoms with Gasteiger partial charge in [0.25, 0.3) is 0 Å². The van der Waals surface area contributed by atoms with Crippen LogP contribution in [-0.4, -0.2) is 55.7 Å². The van der Waals surface area contributed by atoms with Gasteiger partial charge < -0.3 is 9.64 Å². The molecule has 0 aliphatic carbocycles. The van der Waals surface area contributed by atoms with E-state index in [2.05, 4.69) is 109 Å². The number of hydrogen-bond acceptors (Lipinski definition) is 4. The standard InChI is InChI=1S/C33H41N3O/c1-28(2)33(27-34,31-15-7-4-8-16-31)18-11-19-35-20-22-36(23-21-35)24-25-37-32-17-10-9-14-30(32)26-29-12-5-3-6-13-29/h3-10,12-17,28H,11,18-26H2,1-2H3. The van der Waals surface area contributed by atoms with Gasteiger partial charge in [-0.1, -0.05) is 92.7 Å². The van der Waals surface area contributed by atoms with Crippen LogP contribution in [-0.2, 0) is 11.8 Å². The van der Waals surface area contributed by atoms with Gasteiger partial charge in [-0.25, -0.2) is 0 Å². The van der Waals surface area contributed by atoms with Crippen molar-refractivity contribution in [1.29, 1.82) is 5.26 Å². The molecule has 1 saturated heterocycles. The molecule has 3 aromatic carbocycles. The second-order valence-electron chi connectivity index (χ2n) is 10.5. The van der Waals surface area contributed by atoms with Crippen LogP contribution >= 0.6 is 0 Å². The average molecular weight is 496 g/mol. The van der Waals surface area contributed by atoms with E-state index in [1.165, 1.54) is 11.1 Å². The van der Waals surface area contributed by atoms with E-state index in [9.17, 15) is 5.26 Å². The van der Waals surface area contributed by atoms with Crippen LogP contribution in [0.1, 0.15) is 43.4 Å². The van der Waals surface area contributed by atoms with Gasteiger partial charge in [-0.05, 0) is 48.1 Å². The van der Waals surface area contributed by atoms with Crippen LogP contribution in [0, 0.1) is 17.2 Å². The van der Waals surface area contributed by atoms with Crippen molar-refractivity contribution in [3.05, 3.63) is 102 Å². The van der Waals surface area contributed by atoms with Gasteiger partial charge in [0.15, 0.2) is 0 Å². The maximum absolute atomic E-state index is 10.1. The molecule has 0 aromatic heterocycles. The van der Waals surface area contributed by atoms with Crippen molar-refractivity contribution in [3.63, 3.8) is 0 Å². The van der Waals surface area contributed by atoms with Gasteiger partial charge in [-0.15, -0.1) is 0 Å². The molecule has 0 radical (unpaired) electrons. The lowest BCUT2D eigenvalue weighted by Gasteiger charge is -2.36. The smallest absolute Gasteiger partial charge is 0.122 e. The lowest BCUT2D eigenvalue weighted by molar-refractivity contribution is 0.114. The van der Waals surface area contributed by atoms with E-state index in [4.69, 9.17) is 4.74 Å². The molecular formula is C33H41N3O. The zero-order chi connectivity index (χ0) is 25.9. The maximum Gasteiger partial charge on any atom is 0.122 e. The van der Waals surface area contributed by atoms with Crippen molar-refractivity contribution in [3.8, 4) is 11.8 Å². The number of hydrogen-bond donors (Lipinski definition) is 0. The number of nitrogens with zero attached hydrogens (tertiary/aromatic N) is 3. The lowest BCUT2D eigenvalue weighted by Crippen LogP contribution is -2.47. The van der Waals surface area contributed by atoms with Crippen LogP contribution in [0.3, 0.4) is 0 Å². The molecule has 1 heterocycles. The highest BCUT2D eigenvalue weighted by molar-refractivity contribution is 5.37. The normalized spacial score (nSPS) is 16.3. The third kappa shape index (κ3) is 7.22. The number of rotatable bonds is 12. The van der Waals surface area contributed by atoms with Gasteiger partial charge >= 0.3 is 0 Å². The highest BCUT2D eigenvalue weighted by Crippen LogP contribution is 2.36. The monoisotopic (exact) mass is 495 g/mol. The largest absolute Gasteiger partial charge is 0.492 e. The maximum atomic E-state index is 10.1. The Morgan fingerprint density at radius 3 is 2.05 bits per heavy atom. The zero-order valence-corrected chi connectivity index (χ0v) is 22.5. The first-order chi connectivity index (χ1) is 18.1. The van der Waals surface area contributed by atoms with Crippen LogP contribution in [0.4, 0.5) is 0 Å². The number of benzene rings is 3. The SMILES string of the molecule is CC(C)C(C#N)(CCCN1CCN(CCOc2ccccc2Cc2ccccc2)CC1)c1ccccc1. The number of piperazine rings is 1. The molecule has 1 fully saturated rings. The Hall–Kier alpha value is -3.13. The summed E-state index contributed by atoms with van der Waals surface area (Å²) >= 11 is 0. The average Bonchev–Trinajstić information content (AvgIpc) is 2.94. The van der Waals surface area contributed by atoms with Crippen molar-refractivity contribution in [1.82, 2.24) is 9.80 Å². The molecule has 1 aliphatic heterocycles. The Bertz CT molecular complexity index is 1120. The van der Waals surface area contributed by atoms with Gasteiger partial charge in [-0.2, -0.15) is 5.26 Å². The Balaban J connectivity index is 1.19. The van der Waals surface area contributed by atoms with Crippen LogP contribution in [0.2, 0.25) is 0 Å². The first kappa shape index (κ1) is 26.9. The minimum atomic E-state index is -0.406. The van der Waals surface area contributed by atoms with Crippen LogP contribution in [0.25, 0.3) is 0 Å². The fraction of sp³-hybridized carbons (Fsp3) is 0.424. The molecule has 1 unspecified atom stereocenters. The van der Waals surface area contributed by atoms with E-state index in [0.29, 0.717) is 6.61 Å². The Labute approximate surface area is 223 Å². The molecule has 4 rings (SSSR count). The molecule has 0 N–H and O–H groups in total. The van der Waals surface area contributed by atoms with Gasteiger partial charge in [-0.3, -0.25) is 4.90 Å². The highest BCUT2D eigenvalue weighted by atomic mass is 16.5. The second kappa shape index (κ2) is 13.4. The second-order valence-corrected chi connectivity index (χ2v) is 10.5. The molecule has 0 bridgehead atoms. The van der Waals surface area contributed by atoms with E-state index < -0.39 is 5.41 Å². The minimum Gasteiger partial charge on any atom is -0.492 e. The molecule has 0 spiro atoms. The number of nitriles is 1. The minimum absolute atomic E-state index is 0.287. The van der Waals surface area contributed by atoms with Crippen molar-refractivity contribution in [2.24, 2.45) is 5.92 Å². The van der Waals surface area contributed by atoms with E-state index in [1.807, 2.05) is 6.07 Å². The third-order valence-corrected chi connectivity index (χ3v) is 7.86. The summed E-state index contributed by atoms with van der Waals surface area (Å²) in [5, 5.41) is 10.1. The fourth-order valence-electron chi connectivity index (χ4n) is 5.46. The van der Waals surface area contributed by atoms with Gasteiger partial charge in [0.05, 0.1) is 11.5 Å².